The Kier molecular flexibility index (Phi) is 2.87. The van der Waals surface area contributed by atoms with Crippen molar-refractivity contribution in [3.8, 4) is 0 Å². The van der Waals surface area contributed by atoms with Crippen molar-refractivity contribution in [3.05, 3.63) is 17.5 Å². The molecule has 0 amide bonds. The van der Waals surface area contributed by atoms with Crippen LogP contribution in [0.1, 0.15) is 26.2 Å². The third-order valence-electron chi connectivity index (χ3n) is 2.69. The number of anilines is 1. The van der Waals surface area contributed by atoms with E-state index >= 15 is 0 Å². The third kappa shape index (κ3) is 2.15. The van der Waals surface area contributed by atoms with Crippen molar-refractivity contribution < 1.29 is 0 Å². The Labute approximate surface area is 88.9 Å². The zero-order chi connectivity index (χ0) is 9.97. The van der Waals surface area contributed by atoms with Crippen molar-refractivity contribution in [2.45, 2.75) is 32.2 Å². The molecular weight excluding hydrogens is 198 g/mol. The molecule has 0 radical (unpaired) electrons. The second-order valence-corrected chi connectivity index (χ2v) is 4.31. The van der Waals surface area contributed by atoms with Crippen LogP contribution in [0.25, 0.3) is 0 Å². The Bertz CT molecular complexity index is 316. The second kappa shape index (κ2) is 4.13. The normalized spacial score (nSPS) is 26.4. The van der Waals surface area contributed by atoms with Crippen molar-refractivity contribution in [2.75, 3.05) is 5.32 Å². The minimum absolute atomic E-state index is 0.465. The minimum Gasteiger partial charge on any atom is -0.365 e. The molecule has 4 heteroatoms. The van der Waals surface area contributed by atoms with Crippen LogP contribution in [0, 0.1) is 5.92 Å². The number of aromatic nitrogens is 2. The van der Waals surface area contributed by atoms with Gasteiger partial charge in [0.15, 0.2) is 11.0 Å². The fourth-order valence-electron chi connectivity index (χ4n) is 1.95. The van der Waals surface area contributed by atoms with Gasteiger partial charge < -0.3 is 5.32 Å². The average Bonchev–Trinajstić information content (AvgIpc) is 2.56. The molecule has 2 atom stereocenters. The average molecular weight is 212 g/mol. The molecule has 1 aromatic heterocycles. The van der Waals surface area contributed by atoms with Crippen LogP contribution in [0.2, 0.25) is 5.15 Å². The molecule has 1 aliphatic rings. The van der Waals surface area contributed by atoms with Crippen molar-refractivity contribution in [1.29, 1.82) is 0 Å². The van der Waals surface area contributed by atoms with E-state index in [1.807, 2.05) is 0 Å². The molecule has 1 heterocycles. The molecule has 2 unspecified atom stereocenters. The third-order valence-corrected chi connectivity index (χ3v) is 2.97. The first-order valence-electron chi connectivity index (χ1n) is 4.98. The number of hydrogen-bond donors (Lipinski definition) is 1. The summed E-state index contributed by atoms with van der Waals surface area (Å²) in [6, 6.07) is 0.513. The topological polar surface area (TPSA) is 37.8 Å². The summed E-state index contributed by atoms with van der Waals surface area (Å²) in [4.78, 5) is 8.14. The summed E-state index contributed by atoms with van der Waals surface area (Å²) < 4.78 is 0. The fourth-order valence-corrected chi connectivity index (χ4v) is 2.11. The lowest BCUT2D eigenvalue weighted by molar-refractivity contribution is 0.602. The van der Waals surface area contributed by atoms with Gasteiger partial charge in [-0.05, 0) is 25.2 Å². The summed E-state index contributed by atoms with van der Waals surface area (Å²) in [5, 5.41) is 3.80. The lowest BCUT2D eigenvalue weighted by atomic mass is 10.1. The van der Waals surface area contributed by atoms with Gasteiger partial charge in [-0.2, -0.15) is 0 Å². The van der Waals surface area contributed by atoms with E-state index in [0.29, 0.717) is 17.0 Å². The predicted octanol–water partition coefficient (Wildman–Crippen LogP) is 2.73. The summed E-state index contributed by atoms with van der Waals surface area (Å²) in [5.41, 5.74) is 0. The summed E-state index contributed by atoms with van der Waals surface area (Å²) >= 11 is 5.90. The van der Waals surface area contributed by atoms with Crippen molar-refractivity contribution in [1.82, 2.24) is 9.97 Å². The van der Waals surface area contributed by atoms with E-state index < -0.39 is 0 Å². The molecule has 3 nitrogen and oxygen atoms in total. The predicted molar refractivity (Wildman–Crippen MR) is 57.5 cm³/mol. The molecule has 0 aromatic carbocycles. The van der Waals surface area contributed by atoms with Gasteiger partial charge in [-0.25, -0.2) is 9.97 Å². The number of hydrogen-bond acceptors (Lipinski definition) is 3. The van der Waals surface area contributed by atoms with Crippen LogP contribution >= 0.6 is 11.6 Å². The van der Waals surface area contributed by atoms with Crippen LogP contribution in [0.5, 0.6) is 0 Å². The first-order valence-corrected chi connectivity index (χ1v) is 5.36. The Balaban J connectivity index is 2.01. The molecule has 1 aromatic rings. The van der Waals surface area contributed by atoms with E-state index in [4.69, 9.17) is 11.6 Å². The number of nitrogens with one attached hydrogen (secondary N) is 1. The standard InChI is InChI=1S/C10H14ClN3/c1-7-2-3-8(6-7)14-10-9(11)12-4-5-13-10/h4-5,7-8H,2-3,6H2,1H3,(H,13,14). The van der Waals surface area contributed by atoms with Crippen LogP contribution in [-0.2, 0) is 0 Å². The van der Waals surface area contributed by atoms with Crippen LogP contribution < -0.4 is 5.32 Å². The zero-order valence-electron chi connectivity index (χ0n) is 8.20. The molecule has 1 saturated carbocycles. The maximum atomic E-state index is 5.90. The SMILES string of the molecule is CC1CCC(Nc2nccnc2Cl)C1. The molecule has 14 heavy (non-hydrogen) atoms. The molecule has 1 N–H and O–H groups in total. The second-order valence-electron chi connectivity index (χ2n) is 3.96. The molecular formula is C10H14ClN3. The van der Waals surface area contributed by atoms with Crippen molar-refractivity contribution in [3.63, 3.8) is 0 Å². The maximum Gasteiger partial charge on any atom is 0.171 e. The van der Waals surface area contributed by atoms with Gasteiger partial charge in [0.1, 0.15) is 0 Å². The van der Waals surface area contributed by atoms with Gasteiger partial charge in [-0.1, -0.05) is 18.5 Å². The molecule has 76 valence electrons. The van der Waals surface area contributed by atoms with Crippen LogP contribution in [-0.4, -0.2) is 16.0 Å². The first-order chi connectivity index (χ1) is 6.75. The van der Waals surface area contributed by atoms with Gasteiger partial charge in [-0.3, -0.25) is 0 Å². The summed E-state index contributed by atoms with van der Waals surface area (Å²) in [6.07, 6.45) is 6.95. The van der Waals surface area contributed by atoms with E-state index in [0.717, 1.165) is 5.92 Å². The Morgan fingerprint density at radius 1 is 1.36 bits per heavy atom. The van der Waals surface area contributed by atoms with E-state index in [1.54, 1.807) is 12.4 Å². The van der Waals surface area contributed by atoms with E-state index in [-0.39, 0.29) is 0 Å². The number of halogens is 1. The fraction of sp³-hybridized carbons (Fsp3) is 0.600. The van der Waals surface area contributed by atoms with Gasteiger partial charge in [0.2, 0.25) is 0 Å². The van der Waals surface area contributed by atoms with Gasteiger partial charge in [-0.15, -0.1) is 0 Å². The smallest absolute Gasteiger partial charge is 0.171 e. The van der Waals surface area contributed by atoms with Crippen molar-refractivity contribution >= 4 is 17.4 Å². The highest BCUT2D eigenvalue weighted by atomic mass is 35.5. The molecule has 0 bridgehead atoms. The van der Waals surface area contributed by atoms with Gasteiger partial charge in [0, 0.05) is 18.4 Å². The molecule has 0 spiro atoms. The largest absolute Gasteiger partial charge is 0.365 e. The van der Waals surface area contributed by atoms with Crippen LogP contribution in [0.15, 0.2) is 12.4 Å². The van der Waals surface area contributed by atoms with Gasteiger partial charge >= 0.3 is 0 Å². The molecule has 1 fully saturated rings. The monoisotopic (exact) mass is 211 g/mol. The molecule has 0 saturated heterocycles. The highest BCUT2D eigenvalue weighted by molar-refractivity contribution is 6.31. The Morgan fingerprint density at radius 2 is 2.14 bits per heavy atom. The summed E-state index contributed by atoms with van der Waals surface area (Å²) in [7, 11) is 0. The molecule has 1 aliphatic carbocycles. The molecule has 2 rings (SSSR count). The minimum atomic E-state index is 0.465. The van der Waals surface area contributed by atoms with Crippen molar-refractivity contribution in [2.24, 2.45) is 5.92 Å². The summed E-state index contributed by atoms with van der Waals surface area (Å²) in [6.45, 7) is 2.28. The summed E-state index contributed by atoms with van der Waals surface area (Å²) in [5.74, 6) is 1.52. The first kappa shape index (κ1) is 9.71. The highest BCUT2D eigenvalue weighted by Gasteiger charge is 2.21. The Morgan fingerprint density at radius 3 is 2.79 bits per heavy atom. The van der Waals surface area contributed by atoms with E-state index in [2.05, 4.69) is 22.2 Å². The quantitative estimate of drug-likeness (QED) is 0.818. The number of rotatable bonds is 2. The molecule has 0 aliphatic heterocycles. The Hall–Kier alpha value is -0.830. The number of nitrogens with zero attached hydrogens (tertiary/aromatic N) is 2. The van der Waals surface area contributed by atoms with Crippen LogP contribution in [0.3, 0.4) is 0 Å². The zero-order valence-corrected chi connectivity index (χ0v) is 8.96. The van der Waals surface area contributed by atoms with Gasteiger partial charge in [0.25, 0.3) is 0 Å². The lowest BCUT2D eigenvalue weighted by Gasteiger charge is -2.13. The highest BCUT2D eigenvalue weighted by Crippen LogP contribution is 2.28. The van der Waals surface area contributed by atoms with Gasteiger partial charge in [0.05, 0.1) is 0 Å². The van der Waals surface area contributed by atoms with Crippen LogP contribution in [0.4, 0.5) is 5.82 Å². The van der Waals surface area contributed by atoms with E-state index in [9.17, 15) is 0 Å². The lowest BCUT2D eigenvalue weighted by Crippen LogP contribution is -2.16. The van der Waals surface area contributed by atoms with E-state index in [1.165, 1.54) is 19.3 Å². The maximum absolute atomic E-state index is 5.90.